The van der Waals surface area contributed by atoms with E-state index < -0.39 is 0 Å². The average Bonchev–Trinajstić information content (AvgIpc) is 3.00. The van der Waals surface area contributed by atoms with E-state index in [1.165, 1.54) is 4.90 Å². The van der Waals surface area contributed by atoms with Crippen LogP contribution in [0.5, 0.6) is 0 Å². The molecule has 2 aliphatic rings. The molecule has 0 saturated carbocycles. The third kappa shape index (κ3) is 4.14. The van der Waals surface area contributed by atoms with Gasteiger partial charge in [0.2, 0.25) is 0 Å². The molecule has 156 valence electrons. The van der Waals surface area contributed by atoms with Crippen LogP contribution in [0.1, 0.15) is 62.8 Å². The summed E-state index contributed by atoms with van der Waals surface area (Å²) in [5.41, 5.74) is 1.98. The highest BCUT2D eigenvalue weighted by Crippen LogP contribution is 2.26. The number of nitrogens with zero attached hydrogens (tertiary/aromatic N) is 2. The van der Waals surface area contributed by atoms with E-state index in [1.54, 1.807) is 18.2 Å². The van der Waals surface area contributed by atoms with Gasteiger partial charge in [0.05, 0.1) is 17.7 Å². The molecule has 1 N–H and O–H groups in total. The fraction of sp³-hybridized carbons (Fsp3) is 0.375. The van der Waals surface area contributed by atoms with E-state index in [0.29, 0.717) is 16.7 Å². The number of hydrogen-bond donors (Lipinski definition) is 1. The number of hydrogen-bond acceptors (Lipinski definition) is 4. The minimum absolute atomic E-state index is 0.144. The van der Waals surface area contributed by atoms with Crippen LogP contribution < -0.4 is 5.32 Å². The summed E-state index contributed by atoms with van der Waals surface area (Å²) in [6.45, 7) is 5.48. The number of nitrogens with one attached hydrogen (secondary N) is 1. The van der Waals surface area contributed by atoms with Crippen molar-refractivity contribution >= 4 is 17.7 Å². The van der Waals surface area contributed by atoms with Gasteiger partial charge < -0.3 is 10.2 Å². The average molecular weight is 405 g/mol. The third-order valence-electron chi connectivity index (χ3n) is 5.88. The first-order valence-corrected chi connectivity index (χ1v) is 10.6. The van der Waals surface area contributed by atoms with Crippen LogP contribution in [0.2, 0.25) is 0 Å². The molecular weight excluding hydrogens is 378 g/mol. The Kier molecular flexibility index (Phi) is 5.95. The Morgan fingerprint density at radius 1 is 1.00 bits per heavy atom. The Balaban J connectivity index is 1.43. The quantitative estimate of drug-likeness (QED) is 0.750. The molecule has 1 fully saturated rings. The van der Waals surface area contributed by atoms with Gasteiger partial charge >= 0.3 is 0 Å². The van der Waals surface area contributed by atoms with Crippen LogP contribution in [-0.2, 0) is 6.54 Å². The monoisotopic (exact) mass is 405 g/mol. The van der Waals surface area contributed by atoms with Crippen molar-refractivity contribution in [3.63, 3.8) is 0 Å². The molecular formula is C24H27N3O3. The lowest BCUT2D eigenvalue weighted by atomic mass is 10.0. The molecule has 0 aromatic heterocycles. The first-order chi connectivity index (χ1) is 14.6. The third-order valence-corrected chi connectivity index (χ3v) is 5.88. The summed E-state index contributed by atoms with van der Waals surface area (Å²) >= 11 is 0. The standard InChI is InChI=1S/C24H27N3O3/c1-2-12-26-13-10-19(11-14-26)25-22(28)18-8-9-20-21(15-18)24(30)27(23(20)29)16-17-6-4-3-5-7-17/h3-9,15,19H,2,10-14,16H2,1H3,(H,25,28). The summed E-state index contributed by atoms with van der Waals surface area (Å²) < 4.78 is 0. The zero-order valence-corrected chi connectivity index (χ0v) is 17.3. The second-order valence-corrected chi connectivity index (χ2v) is 8.03. The Hall–Kier alpha value is -2.99. The normalized spacial score (nSPS) is 17.3. The van der Waals surface area contributed by atoms with E-state index in [9.17, 15) is 14.4 Å². The molecule has 1 saturated heterocycles. The van der Waals surface area contributed by atoms with E-state index in [4.69, 9.17) is 0 Å². The van der Waals surface area contributed by atoms with Gasteiger partial charge in [-0.1, -0.05) is 37.3 Å². The molecule has 3 amide bonds. The van der Waals surface area contributed by atoms with Crippen molar-refractivity contribution in [2.24, 2.45) is 0 Å². The number of likely N-dealkylation sites (tertiary alicyclic amines) is 1. The first-order valence-electron chi connectivity index (χ1n) is 10.6. The molecule has 6 nitrogen and oxygen atoms in total. The number of fused-ring (bicyclic) bond motifs is 1. The highest BCUT2D eigenvalue weighted by molar-refractivity contribution is 6.22. The van der Waals surface area contributed by atoms with Gasteiger partial charge in [-0.2, -0.15) is 0 Å². The van der Waals surface area contributed by atoms with Crippen molar-refractivity contribution in [2.45, 2.75) is 38.8 Å². The van der Waals surface area contributed by atoms with Crippen LogP contribution in [0.15, 0.2) is 48.5 Å². The number of carbonyl (C=O) groups is 3. The fourth-order valence-corrected chi connectivity index (χ4v) is 4.23. The minimum atomic E-state index is -0.346. The smallest absolute Gasteiger partial charge is 0.261 e. The van der Waals surface area contributed by atoms with Crippen LogP contribution in [-0.4, -0.2) is 53.2 Å². The largest absolute Gasteiger partial charge is 0.349 e. The number of piperidine rings is 1. The first kappa shape index (κ1) is 20.3. The van der Waals surface area contributed by atoms with Gasteiger partial charge in [0.15, 0.2) is 0 Å². The molecule has 6 heteroatoms. The van der Waals surface area contributed by atoms with Crippen LogP contribution in [0.25, 0.3) is 0 Å². The molecule has 4 rings (SSSR count). The molecule has 2 aromatic rings. The Morgan fingerprint density at radius 3 is 2.40 bits per heavy atom. The Bertz CT molecular complexity index is 949. The predicted octanol–water partition coefficient (Wildman–Crippen LogP) is 3.09. The number of benzene rings is 2. The van der Waals surface area contributed by atoms with Gasteiger partial charge in [-0.3, -0.25) is 19.3 Å². The maximum atomic E-state index is 12.8. The lowest BCUT2D eigenvalue weighted by Gasteiger charge is -2.32. The topological polar surface area (TPSA) is 69.7 Å². The van der Waals surface area contributed by atoms with E-state index >= 15 is 0 Å². The molecule has 2 aromatic carbocycles. The van der Waals surface area contributed by atoms with Gasteiger partial charge in [-0.15, -0.1) is 0 Å². The predicted molar refractivity (Wildman–Crippen MR) is 114 cm³/mol. The van der Waals surface area contributed by atoms with Crippen LogP contribution in [0, 0.1) is 0 Å². The van der Waals surface area contributed by atoms with Gasteiger partial charge in [0.25, 0.3) is 17.7 Å². The van der Waals surface area contributed by atoms with Gasteiger partial charge in [-0.25, -0.2) is 0 Å². The summed E-state index contributed by atoms with van der Waals surface area (Å²) in [5, 5.41) is 3.09. The molecule has 30 heavy (non-hydrogen) atoms. The van der Waals surface area contributed by atoms with Crippen molar-refractivity contribution < 1.29 is 14.4 Å². The van der Waals surface area contributed by atoms with E-state index in [-0.39, 0.29) is 30.3 Å². The summed E-state index contributed by atoms with van der Waals surface area (Å²) in [4.78, 5) is 41.9. The highest BCUT2D eigenvalue weighted by Gasteiger charge is 2.36. The number of imide groups is 1. The second kappa shape index (κ2) is 8.79. The fourth-order valence-electron chi connectivity index (χ4n) is 4.23. The lowest BCUT2D eigenvalue weighted by molar-refractivity contribution is 0.0642. The molecule has 0 atom stereocenters. The summed E-state index contributed by atoms with van der Waals surface area (Å²) in [5.74, 6) is -0.844. The van der Waals surface area contributed by atoms with Gasteiger partial charge in [0.1, 0.15) is 0 Å². The van der Waals surface area contributed by atoms with Crippen molar-refractivity contribution in [1.29, 1.82) is 0 Å². The molecule has 0 unspecified atom stereocenters. The molecule has 0 spiro atoms. The van der Waals surface area contributed by atoms with Gasteiger partial charge in [-0.05, 0) is 49.6 Å². The molecule has 0 aliphatic carbocycles. The van der Waals surface area contributed by atoms with E-state index in [1.807, 2.05) is 30.3 Å². The number of carbonyl (C=O) groups excluding carboxylic acids is 3. The van der Waals surface area contributed by atoms with Crippen molar-refractivity contribution in [3.8, 4) is 0 Å². The number of rotatable bonds is 6. The summed E-state index contributed by atoms with van der Waals surface area (Å²) in [6.07, 6.45) is 3.00. The lowest BCUT2D eigenvalue weighted by Crippen LogP contribution is -2.44. The number of amides is 3. The zero-order valence-electron chi connectivity index (χ0n) is 17.3. The van der Waals surface area contributed by atoms with Crippen molar-refractivity contribution in [2.75, 3.05) is 19.6 Å². The van der Waals surface area contributed by atoms with E-state index in [0.717, 1.165) is 44.5 Å². The Labute approximate surface area is 176 Å². The summed E-state index contributed by atoms with van der Waals surface area (Å²) in [7, 11) is 0. The SMILES string of the molecule is CCCN1CCC(NC(=O)c2ccc3c(c2)C(=O)N(Cc2ccccc2)C3=O)CC1. The Morgan fingerprint density at radius 2 is 1.70 bits per heavy atom. The summed E-state index contributed by atoms with van der Waals surface area (Å²) in [6, 6.07) is 14.3. The zero-order chi connectivity index (χ0) is 21.1. The van der Waals surface area contributed by atoms with Gasteiger partial charge in [0, 0.05) is 24.7 Å². The minimum Gasteiger partial charge on any atom is -0.349 e. The van der Waals surface area contributed by atoms with Crippen LogP contribution >= 0.6 is 0 Å². The molecule has 2 aliphatic heterocycles. The molecule has 0 radical (unpaired) electrons. The maximum absolute atomic E-state index is 12.8. The van der Waals surface area contributed by atoms with E-state index in [2.05, 4.69) is 17.1 Å². The van der Waals surface area contributed by atoms with Crippen molar-refractivity contribution in [3.05, 3.63) is 70.8 Å². The van der Waals surface area contributed by atoms with Crippen LogP contribution in [0.4, 0.5) is 0 Å². The maximum Gasteiger partial charge on any atom is 0.261 e. The highest BCUT2D eigenvalue weighted by atomic mass is 16.2. The van der Waals surface area contributed by atoms with Crippen LogP contribution in [0.3, 0.4) is 0 Å². The molecule has 2 heterocycles. The second-order valence-electron chi connectivity index (χ2n) is 8.03. The van der Waals surface area contributed by atoms with Crippen molar-refractivity contribution in [1.82, 2.24) is 15.1 Å². The molecule has 0 bridgehead atoms.